The van der Waals surface area contributed by atoms with Crippen molar-refractivity contribution in [2.24, 2.45) is 0 Å². The molecule has 0 atom stereocenters. The average molecular weight is 669 g/mol. The first kappa shape index (κ1) is 31.6. The average Bonchev–Trinajstić information content (AvgIpc) is 3.77. The number of likely N-dealkylation sites (tertiary alicyclic amines) is 2. The van der Waals surface area contributed by atoms with Gasteiger partial charge in [0.25, 0.3) is 5.91 Å². The highest BCUT2D eigenvalue weighted by Gasteiger charge is 2.36. The fourth-order valence-electron chi connectivity index (χ4n) is 6.15. The van der Waals surface area contributed by atoms with E-state index < -0.39 is 25.4 Å². The molecule has 1 amide bonds. The molecule has 2 aliphatic rings. The number of tetrazole rings is 1. The number of hydrogen-bond acceptors (Lipinski definition) is 10. The van der Waals surface area contributed by atoms with E-state index in [0.717, 1.165) is 39.0 Å². The van der Waals surface area contributed by atoms with Gasteiger partial charge in [-0.05, 0) is 62.0 Å². The summed E-state index contributed by atoms with van der Waals surface area (Å²) in [6.07, 6.45) is 4.90. The van der Waals surface area contributed by atoms with E-state index in [1.165, 1.54) is 46.0 Å². The summed E-state index contributed by atoms with van der Waals surface area (Å²) >= 11 is 0. The Morgan fingerprint density at radius 1 is 1.10 bits per heavy atom. The second-order valence-electron chi connectivity index (χ2n) is 12.0. The number of nitrogens with one attached hydrogen (secondary N) is 1. The number of nitrogens with zero attached hydrogens (tertiary/aromatic N) is 11. The van der Waals surface area contributed by atoms with Gasteiger partial charge in [-0.2, -0.15) is 23.8 Å². The van der Waals surface area contributed by atoms with Gasteiger partial charge in [0, 0.05) is 49.7 Å². The Morgan fingerprint density at radius 3 is 2.69 bits per heavy atom. The van der Waals surface area contributed by atoms with Crippen molar-refractivity contribution in [3.8, 4) is 17.0 Å². The highest BCUT2D eigenvalue weighted by molar-refractivity contribution is 6.09. The normalized spacial score (nSPS) is 16.6. The number of alkyl halides is 4. The zero-order valence-electron chi connectivity index (χ0n) is 25.8. The van der Waals surface area contributed by atoms with Gasteiger partial charge in [-0.25, -0.2) is 18.3 Å². The van der Waals surface area contributed by atoms with Crippen LogP contribution in [0.25, 0.3) is 16.9 Å². The highest BCUT2D eigenvalue weighted by atomic mass is 19.3. The van der Waals surface area contributed by atoms with E-state index in [-0.39, 0.29) is 52.1 Å². The number of carbonyl (C=O) groups excluding carboxylic acids is 1. The van der Waals surface area contributed by atoms with Gasteiger partial charge in [-0.1, -0.05) is 6.07 Å². The Bertz CT molecular complexity index is 1900. The Labute approximate surface area is 271 Å². The van der Waals surface area contributed by atoms with E-state index in [2.05, 4.69) is 52.8 Å². The van der Waals surface area contributed by atoms with Crippen LogP contribution in [0.3, 0.4) is 0 Å². The fraction of sp³-hybridized carbons (Fsp3) is 0.433. The van der Waals surface area contributed by atoms with E-state index in [4.69, 9.17) is 4.74 Å². The summed E-state index contributed by atoms with van der Waals surface area (Å²) in [6.45, 7) is 0.631. The van der Waals surface area contributed by atoms with Crippen molar-refractivity contribution >= 4 is 17.2 Å². The number of anilines is 1. The van der Waals surface area contributed by atoms with Gasteiger partial charge in [0.2, 0.25) is 6.43 Å². The lowest BCUT2D eigenvalue weighted by Gasteiger charge is -2.45. The molecule has 0 unspecified atom stereocenters. The molecule has 2 aliphatic heterocycles. The quantitative estimate of drug-likeness (QED) is 0.209. The third-order valence-electron chi connectivity index (χ3n) is 8.63. The maximum absolute atomic E-state index is 13.5. The minimum absolute atomic E-state index is 0.0134. The lowest BCUT2D eigenvalue weighted by molar-refractivity contribution is -0.0494. The summed E-state index contributed by atoms with van der Waals surface area (Å²) in [5.41, 5.74) is 0.698. The lowest BCUT2D eigenvalue weighted by Crippen LogP contribution is -2.55. The van der Waals surface area contributed by atoms with Crippen LogP contribution in [0.1, 0.15) is 40.6 Å². The van der Waals surface area contributed by atoms with Gasteiger partial charge < -0.3 is 15.0 Å². The molecular weight excluding hydrogens is 636 g/mol. The van der Waals surface area contributed by atoms with Gasteiger partial charge in [-0.3, -0.25) is 14.4 Å². The van der Waals surface area contributed by atoms with Crippen LogP contribution in [0.2, 0.25) is 0 Å². The number of amides is 1. The van der Waals surface area contributed by atoms with Crippen molar-refractivity contribution in [3.63, 3.8) is 0 Å². The number of rotatable bonds is 11. The topological polar surface area (TPSA) is 136 Å². The fourth-order valence-corrected chi connectivity index (χ4v) is 6.15. The van der Waals surface area contributed by atoms with Crippen LogP contribution in [0.15, 0.2) is 49.1 Å². The van der Waals surface area contributed by atoms with Crippen molar-refractivity contribution in [3.05, 3.63) is 66.0 Å². The molecule has 5 aromatic rings. The number of halogens is 4. The number of ether oxygens (including phenoxy) is 1. The molecule has 6 heterocycles. The Morgan fingerprint density at radius 2 is 1.92 bits per heavy atom. The van der Waals surface area contributed by atoms with Crippen molar-refractivity contribution in [2.75, 3.05) is 38.5 Å². The summed E-state index contributed by atoms with van der Waals surface area (Å²) < 4.78 is 61.0. The van der Waals surface area contributed by atoms with Gasteiger partial charge >= 0.3 is 6.61 Å². The van der Waals surface area contributed by atoms with Crippen LogP contribution in [0.5, 0.6) is 5.75 Å². The second kappa shape index (κ2) is 13.3. The molecule has 18 heteroatoms. The van der Waals surface area contributed by atoms with Crippen molar-refractivity contribution in [1.29, 1.82) is 0 Å². The van der Waals surface area contributed by atoms with Crippen molar-refractivity contribution < 1.29 is 27.1 Å². The monoisotopic (exact) mass is 668 g/mol. The highest BCUT2D eigenvalue weighted by Crippen LogP contribution is 2.37. The zero-order valence-corrected chi connectivity index (χ0v) is 25.8. The standard InChI is InChI=1S/C30H32F4N12O2/c1-42-9-5-19(6-10-42)43-14-20(15-43)46-39-26(38-41-46)17-44-16-23(37-29(47)22-13-36-45-8-2-7-35-28(22)45)27(40-44)21-11-18(12-25(31)32)3-4-24(21)48-30(33)34/h2-4,7-8,11,13,16,19-20,25,30H,5-6,9-10,12,14-15,17H2,1H3,(H,37,47). The predicted molar refractivity (Wildman–Crippen MR) is 163 cm³/mol. The largest absolute Gasteiger partial charge is 0.434 e. The smallest absolute Gasteiger partial charge is 0.387 e. The molecule has 1 N–H and O–H groups in total. The Balaban J connectivity index is 1.16. The van der Waals surface area contributed by atoms with E-state index in [1.54, 1.807) is 17.1 Å². The first-order valence-corrected chi connectivity index (χ1v) is 15.4. The van der Waals surface area contributed by atoms with Gasteiger partial charge in [0.15, 0.2) is 11.5 Å². The number of benzene rings is 1. The number of hydrogen-bond donors (Lipinski definition) is 1. The number of fused-ring (bicyclic) bond motifs is 1. The molecule has 14 nitrogen and oxygen atoms in total. The van der Waals surface area contributed by atoms with E-state index in [0.29, 0.717) is 11.9 Å². The predicted octanol–water partition coefficient (Wildman–Crippen LogP) is 3.24. The van der Waals surface area contributed by atoms with Crippen LogP contribution in [-0.4, -0.2) is 113 Å². The van der Waals surface area contributed by atoms with Crippen LogP contribution in [-0.2, 0) is 13.0 Å². The van der Waals surface area contributed by atoms with Crippen molar-refractivity contribution in [2.45, 2.75) is 50.9 Å². The molecular formula is C30H32F4N12O2. The summed E-state index contributed by atoms with van der Waals surface area (Å²) in [5, 5.41) is 24.4. The molecule has 1 aromatic carbocycles. The third kappa shape index (κ3) is 6.70. The molecule has 7 rings (SSSR count). The Kier molecular flexibility index (Phi) is 8.74. The summed E-state index contributed by atoms with van der Waals surface area (Å²) in [6, 6.07) is 6.04. The minimum atomic E-state index is -3.20. The second-order valence-corrected chi connectivity index (χ2v) is 12.0. The molecule has 0 bridgehead atoms. The molecule has 252 valence electrons. The summed E-state index contributed by atoms with van der Waals surface area (Å²) in [4.78, 5) is 24.0. The minimum Gasteiger partial charge on any atom is -0.434 e. The molecule has 0 spiro atoms. The molecule has 4 aromatic heterocycles. The zero-order chi connectivity index (χ0) is 33.4. The van der Waals surface area contributed by atoms with E-state index >= 15 is 0 Å². The van der Waals surface area contributed by atoms with Gasteiger partial charge in [0.1, 0.15) is 23.6 Å². The SMILES string of the molecule is CN1CCC(N2CC(n3nnc(Cn4cc(NC(=O)c5cnn6cccnc56)c(-c5cc(CC(F)F)ccc5OC(F)F)n4)n3)C2)CC1. The van der Waals surface area contributed by atoms with E-state index in [1.807, 2.05) is 0 Å². The summed E-state index contributed by atoms with van der Waals surface area (Å²) in [7, 11) is 2.13. The van der Waals surface area contributed by atoms with Crippen LogP contribution in [0, 0.1) is 0 Å². The molecule has 48 heavy (non-hydrogen) atoms. The molecule has 0 saturated carbocycles. The molecule has 2 saturated heterocycles. The maximum atomic E-state index is 13.5. The molecule has 0 radical (unpaired) electrons. The lowest BCUT2D eigenvalue weighted by atomic mass is 9.98. The maximum Gasteiger partial charge on any atom is 0.387 e. The van der Waals surface area contributed by atoms with Crippen molar-refractivity contribution in [1.82, 2.24) is 54.4 Å². The third-order valence-corrected chi connectivity index (χ3v) is 8.63. The number of piperidine rings is 1. The van der Waals surface area contributed by atoms with E-state index in [9.17, 15) is 22.4 Å². The van der Waals surface area contributed by atoms with Gasteiger partial charge in [0.05, 0.1) is 17.9 Å². The Hall–Kier alpha value is -4.97. The molecule has 0 aliphatic carbocycles. The molecule has 2 fully saturated rings. The van der Waals surface area contributed by atoms with Gasteiger partial charge in [-0.15, -0.1) is 10.2 Å². The van der Waals surface area contributed by atoms with Crippen LogP contribution >= 0.6 is 0 Å². The first-order chi connectivity index (χ1) is 23.2. The number of aromatic nitrogens is 9. The number of carbonyl (C=O) groups is 1. The summed E-state index contributed by atoms with van der Waals surface area (Å²) in [5.74, 6) is -0.570. The first-order valence-electron chi connectivity index (χ1n) is 15.4. The van der Waals surface area contributed by atoms with Crippen LogP contribution < -0.4 is 10.1 Å². The van der Waals surface area contributed by atoms with Crippen LogP contribution in [0.4, 0.5) is 23.2 Å².